The molecule has 4 nitrogen and oxygen atoms in total. The molecule has 2 bridgehead atoms. The minimum Gasteiger partial charge on any atom is -0.287 e. The first kappa shape index (κ1) is 13.9. The van der Waals surface area contributed by atoms with Crippen LogP contribution in [0.2, 0.25) is 0 Å². The Hall–Kier alpha value is -1.68. The van der Waals surface area contributed by atoms with E-state index in [1.807, 2.05) is 12.1 Å². The summed E-state index contributed by atoms with van der Waals surface area (Å²) < 4.78 is 0. The van der Waals surface area contributed by atoms with Crippen LogP contribution in [0.15, 0.2) is 24.3 Å². The lowest BCUT2D eigenvalue weighted by atomic mass is 9.77. The van der Waals surface area contributed by atoms with Crippen molar-refractivity contribution in [1.29, 1.82) is 0 Å². The van der Waals surface area contributed by atoms with Gasteiger partial charge in [-0.15, -0.1) is 0 Å². The third-order valence-electron chi connectivity index (χ3n) is 5.30. The number of hydrogen-bond acceptors (Lipinski definition) is 3. The van der Waals surface area contributed by atoms with Gasteiger partial charge in [0.1, 0.15) is 0 Å². The number of carbonyl (C=O) groups is 2. The van der Waals surface area contributed by atoms with E-state index < -0.39 is 0 Å². The van der Waals surface area contributed by atoms with Gasteiger partial charge in [0.2, 0.25) is 11.8 Å². The van der Waals surface area contributed by atoms with Crippen LogP contribution < -0.4 is 0 Å². The van der Waals surface area contributed by atoms with Gasteiger partial charge < -0.3 is 0 Å². The van der Waals surface area contributed by atoms with Crippen LogP contribution in [0.4, 0.5) is 0 Å². The predicted octanol–water partition coefficient (Wildman–Crippen LogP) is 2.38. The molecule has 0 radical (unpaired) electrons. The maximum atomic E-state index is 12.6. The van der Waals surface area contributed by atoms with Gasteiger partial charge in [-0.1, -0.05) is 45.0 Å². The molecule has 3 aliphatic heterocycles. The van der Waals surface area contributed by atoms with Gasteiger partial charge >= 0.3 is 0 Å². The van der Waals surface area contributed by atoms with Gasteiger partial charge in [-0.3, -0.25) is 19.4 Å². The number of fused-ring (bicyclic) bond motifs is 8. The first-order valence-corrected chi connectivity index (χ1v) is 7.97. The van der Waals surface area contributed by atoms with Gasteiger partial charge in [0.25, 0.3) is 0 Å². The third-order valence-corrected chi connectivity index (χ3v) is 5.30. The fraction of sp³-hybridized carbons (Fsp3) is 0.556. The average molecular weight is 298 g/mol. The topological polar surface area (TPSA) is 40.6 Å². The van der Waals surface area contributed by atoms with Gasteiger partial charge in [0.15, 0.2) is 0 Å². The number of nitrogens with zero attached hydrogens (tertiary/aromatic N) is 2. The molecule has 2 saturated heterocycles. The second-order valence-electron chi connectivity index (χ2n) is 8.04. The molecule has 22 heavy (non-hydrogen) atoms. The zero-order valence-electron chi connectivity index (χ0n) is 13.5. The smallest absolute Gasteiger partial charge is 0.234 e. The molecule has 1 aromatic carbocycles. The second kappa shape index (κ2) is 4.19. The monoisotopic (exact) mass is 298 g/mol. The summed E-state index contributed by atoms with van der Waals surface area (Å²) in [4.78, 5) is 28.9. The molecule has 4 rings (SSSR count). The molecule has 3 aliphatic rings. The van der Waals surface area contributed by atoms with Crippen molar-refractivity contribution >= 4 is 11.8 Å². The zero-order valence-corrected chi connectivity index (χ0v) is 13.5. The highest BCUT2D eigenvalue weighted by molar-refractivity contribution is 6.06. The molecule has 4 heteroatoms. The van der Waals surface area contributed by atoms with Gasteiger partial charge in [-0.25, -0.2) is 0 Å². The van der Waals surface area contributed by atoms with Crippen LogP contribution in [0.3, 0.4) is 0 Å². The van der Waals surface area contributed by atoms with Gasteiger partial charge in [-0.05, 0) is 16.5 Å². The van der Waals surface area contributed by atoms with Gasteiger partial charge in [-0.2, -0.15) is 0 Å². The summed E-state index contributed by atoms with van der Waals surface area (Å²) in [5.41, 5.74) is 2.62. The minimum atomic E-state index is -0.195. The van der Waals surface area contributed by atoms with E-state index >= 15 is 0 Å². The molecule has 0 unspecified atom stereocenters. The Kier molecular flexibility index (Phi) is 2.66. The van der Waals surface area contributed by atoms with Crippen LogP contribution in [-0.2, 0) is 9.59 Å². The van der Waals surface area contributed by atoms with Crippen LogP contribution in [0.25, 0.3) is 0 Å². The summed E-state index contributed by atoms with van der Waals surface area (Å²) in [6.07, 6.45) is 0. The molecule has 0 N–H and O–H groups in total. The summed E-state index contributed by atoms with van der Waals surface area (Å²) in [6, 6.07) is 8.45. The second-order valence-corrected chi connectivity index (χ2v) is 8.04. The number of likely N-dealkylation sites (tertiary alicyclic amines) is 1. The molecule has 2 fully saturated rings. The summed E-state index contributed by atoms with van der Waals surface area (Å²) in [7, 11) is 1.63. The summed E-state index contributed by atoms with van der Waals surface area (Å²) in [6.45, 7) is 7.53. The van der Waals surface area contributed by atoms with Crippen LogP contribution in [0, 0.1) is 17.3 Å². The molecule has 2 amide bonds. The summed E-state index contributed by atoms with van der Waals surface area (Å²) in [5.74, 6) is -0.397. The third kappa shape index (κ3) is 1.62. The maximum absolute atomic E-state index is 12.6. The summed E-state index contributed by atoms with van der Waals surface area (Å²) >= 11 is 0. The van der Waals surface area contributed by atoms with E-state index in [2.05, 4.69) is 37.8 Å². The van der Waals surface area contributed by atoms with Crippen LogP contribution in [0.1, 0.15) is 44.0 Å². The lowest BCUT2D eigenvalue weighted by Crippen LogP contribution is -2.36. The Morgan fingerprint density at radius 3 is 1.82 bits per heavy atom. The summed E-state index contributed by atoms with van der Waals surface area (Å²) in [5, 5.41) is 0. The number of imide groups is 1. The van der Waals surface area contributed by atoms with Crippen molar-refractivity contribution < 1.29 is 9.59 Å². The Morgan fingerprint density at radius 2 is 1.41 bits per heavy atom. The Morgan fingerprint density at radius 1 is 0.955 bits per heavy atom. The maximum Gasteiger partial charge on any atom is 0.234 e. The van der Waals surface area contributed by atoms with Crippen LogP contribution >= 0.6 is 0 Å². The molecular weight excluding hydrogens is 276 g/mol. The number of carbonyl (C=O) groups excluding carboxylic acids is 2. The van der Waals surface area contributed by atoms with E-state index in [-0.39, 0.29) is 41.1 Å². The Balaban J connectivity index is 1.84. The molecule has 0 saturated carbocycles. The fourth-order valence-electron chi connectivity index (χ4n) is 4.65. The number of hydrogen-bond donors (Lipinski definition) is 0. The van der Waals surface area contributed by atoms with Crippen LogP contribution in [-0.4, -0.2) is 35.2 Å². The molecule has 116 valence electrons. The number of rotatable bonds is 1. The van der Waals surface area contributed by atoms with E-state index in [0.717, 1.165) is 6.54 Å². The molecular formula is C18H22N2O2. The van der Waals surface area contributed by atoms with Crippen molar-refractivity contribution in [3.05, 3.63) is 35.4 Å². The van der Waals surface area contributed by atoms with E-state index in [1.54, 1.807) is 7.05 Å². The number of benzene rings is 1. The van der Waals surface area contributed by atoms with Crippen molar-refractivity contribution in [3.63, 3.8) is 0 Å². The lowest BCUT2D eigenvalue weighted by molar-refractivity contribution is -0.140. The molecule has 0 spiro atoms. The van der Waals surface area contributed by atoms with Crippen LogP contribution in [0.5, 0.6) is 0 Å². The lowest BCUT2D eigenvalue weighted by Gasteiger charge is -2.32. The van der Waals surface area contributed by atoms with E-state index in [1.165, 1.54) is 16.0 Å². The molecule has 3 heterocycles. The predicted molar refractivity (Wildman–Crippen MR) is 82.8 cm³/mol. The normalized spacial score (nSPS) is 33.5. The zero-order chi connectivity index (χ0) is 15.8. The SMILES string of the molecule is CN1C(=O)[C@@H]2[C@H](C1=O)[C@@H]1c3ccccc3[C@H]2N1CC(C)(C)C. The van der Waals surface area contributed by atoms with Crippen molar-refractivity contribution in [3.8, 4) is 0 Å². The van der Waals surface area contributed by atoms with Crippen molar-refractivity contribution in [2.45, 2.75) is 32.9 Å². The Bertz CT molecular complexity index is 627. The number of amides is 2. The standard InChI is InChI=1S/C18H22N2O2/c1-18(2,3)9-20-14-10-7-5-6-8-11(10)15(20)13-12(14)16(21)19(4)17(13)22/h5-8,12-15H,9H2,1-4H3/t12-,13+,14-,15+. The highest BCUT2D eigenvalue weighted by atomic mass is 16.2. The molecule has 4 atom stereocenters. The minimum absolute atomic E-state index is 0.00378. The van der Waals surface area contributed by atoms with Crippen molar-refractivity contribution in [2.75, 3.05) is 13.6 Å². The van der Waals surface area contributed by atoms with Gasteiger partial charge in [0, 0.05) is 25.7 Å². The largest absolute Gasteiger partial charge is 0.287 e. The first-order valence-electron chi connectivity index (χ1n) is 7.97. The molecule has 0 aliphatic carbocycles. The van der Waals surface area contributed by atoms with E-state index in [0.29, 0.717) is 0 Å². The molecule has 1 aromatic rings. The molecule has 0 aromatic heterocycles. The van der Waals surface area contributed by atoms with Crippen molar-refractivity contribution in [1.82, 2.24) is 9.80 Å². The highest BCUT2D eigenvalue weighted by Crippen LogP contribution is 2.62. The van der Waals surface area contributed by atoms with E-state index in [4.69, 9.17) is 0 Å². The average Bonchev–Trinajstić information content (AvgIpc) is 3.00. The van der Waals surface area contributed by atoms with Crippen molar-refractivity contribution in [2.24, 2.45) is 17.3 Å². The highest BCUT2D eigenvalue weighted by Gasteiger charge is 2.65. The fourth-order valence-corrected chi connectivity index (χ4v) is 4.65. The van der Waals surface area contributed by atoms with E-state index in [9.17, 15) is 9.59 Å². The first-order chi connectivity index (χ1) is 10.3. The Labute approximate surface area is 131 Å². The van der Waals surface area contributed by atoms with Gasteiger partial charge in [0.05, 0.1) is 11.8 Å². The quantitative estimate of drug-likeness (QED) is 0.747.